The van der Waals surface area contributed by atoms with Crippen LogP contribution in [0.4, 0.5) is 17.3 Å². The zero-order chi connectivity index (χ0) is 25.7. The molecule has 0 aliphatic carbocycles. The quantitative estimate of drug-likeness (QED) is 0.476. The molecular formula is C26H28N6O3S. The lowest BCUT2D eigenvalue weighted by molar-refractivity contribution is 0.388. The van der Waals surface area contributed by atoms with Gasteiger partial charge < -0.3 is 15.0 Å². The second kappa shape index (κ2) is 10.8. The summed E-state index contributed by atoms with van der Waals surface area (Å²) in [6, 6.07) is 15.5. The first-order valence-electron chi connectivity index (χ1n) is 11.5. The first kappa shape index (κ1) is 25.2. The van der Waals surface area contributed by atoms with Gasteiger partial charge in [0.05, 0.1) is 12.3 Å². The van der Waals surface area contributed by atoms with E-state index in [1.54, 1.807) is 18.3 Å². The molecule has 10 heteroatoms. The molecule has 1 N–H and O–H groups in total. The van der Waals surface area contributed by atoms with Crippen molar-refractivity contribution in [1.82, 2.24) is 14.3 Å². The normalized spacial score (nSPS) is 14.6. The van der Waals surface area contributed by atoms with E-state index in [4.69, 9.17) is 10.00 Å². The topological polar surface area (TPSA) is 111 Å². The predicted molar refractivity (Wildman–Crippen MR) is 141 cm³/mol. The molecule has 0 spiro atoms. The second-order valence-corrected chi connectivity index (χ2v) is 10.6. The summed E-state index contributed by atoms with van der Waals surface area (Å²) in [4.78, 5) is 11.0. The zero-order valence-electron chi connectivity index (χ0n) is 20.5. The molecule has 36 heavy (non-hydrogen) atoms. The monoisotopic (exact) mass is 504 g/mol. The lowest BCUT2D eigenvalue weighted by Gasteiger charge is -2.34. The molecule has 1 aliphatic rings. The van der Waals surface area contributed by atoms with Crippen molar-refractivity contribution in [3.8, 4) is 17.7 Å². The number of nitrogens with one attached hydrogen (secondary N) is 1. The maximum Gasteiger partial charge on any atom is 0.230 e. The first-order chi connectivity index (χ1) is 17.2. The zero-order valence-corrected chi connectivity index (χ0v) is 21.3. The Hall–Kier alpha value is -3.94. The number of allylic oxidation sites excluding steroid dienone is 1. The summed E-state index contributed by atoms with van der Waals surface area (Å²) in [5.41, 5.74) is 4.67. The van der Waals surface area contributed by atoms with Crippen molar-refractivity contribution in [2.45, 2.75) is 13.8 Å². The Bertz CT molecular complexity index is 1380. The van der Waals surface area contributed by atoms with Crippen molar-refractivity contribution in [3.63, 3.8) is 0 Å². The van der Waals surface area contributed by atoms with Gasteiger partial charge in [-0.05, 0) is 73.0 Å². The predicted octanol–water partition coefficient (Wildman–Crippen LogP) is 4.25. The first-order valence-corrected chi connectivity index (χ1v) is 13.3. The van der Waals surface area contributed by atoms with Gasteiger partial charge >= 0.3 is 0 Å². The minimum Gasteiger partial charge on any atom is -0.438 e. The van der Waals surface area contributed by atoms with Gasteiger partial charge in [0.25, 0.3) is 0 Å². The van der Waals surface area contributed by atoms with E-state index in [2.05, 4.69) is 20.2 Å². The third-order valence-electron chi connectivity index (χ3n) is 5.87. The third-order valence-corrected chi connectivity index (χ3v) is 7.17. The highest BCUT2D eigenvalue weighted by atomic mass is 32.2. The summed E-state index contributed by atoms with van der Waals surface area (Å²) in [5.74, 6) is 1.54. The van der Waals surface area contributed by atoms with Crippen LogP contribution in [0.1, 0.15) is 16.7 Å². The molecule has 0 atom stereocenters. The van der Waals surface area contributed by atoms with Gasteiger partial charge in [-0.1, -0.05) is 0 Å². The Morgan fingerprint density at radius 2 is 1.72 bits per heavy atom. The minimum atomic E-state index is -3.15. The summed E-state index contributed by atoms with van der Waals surface area (Å²) < 4.78 is 31.0. The maximum atomic E-state index is 11.7. The van der Waals surface area contributed by atoms with Crippen LogP contribution in [0.3, 0.4) is 0 Å². The molecule has 0 amide bonds. The fraction of sp³-hybridized carbons (Fsp3) is 0.269. The van der Waals surface area contributed by atoms with Gasteiger partial charge in [-0.2, -0.15) is 14.6 Å². The van der Waals surface area contributed by atoms with Gasteiger partial charge in [-0.25, -0.2) is 13.4 Å². The Labute approximate surface area is 211 Å². The summed E-state index contributed by atoms with van der Waals surface area (Å²) >= 11 is 0. The number of ether oxygens (including phenoxy) is 1. The standard InChI is InChI=1S/C26H28N6O3S/c1-19-17-21(5-4-11-27)18-20(2)25(19)35-24-10-12-28-26(30-24)29-22-6-8-23(9-7-22)31-13-15-32(16-14-31)36(3,33)34/h4-10,12,17-18H,13-16H2,1-3H3,(H,28,29,30)/b5-4+. The number of nitriles is 1. The average molecular weight is 505 g/mol. The lowest BCUT2D eigenvalue weighted by Crippen LogP contribution is -2.48. The van der Waals surface area contributed by atoms with Crippen LogP contribution in [-0.2, 0) is 10.0 Å². The van der Waals surface area contributed by atoms with E-state index in [9.17, 15) is 8.42 Å². The second-order valence-electron chi connectivity index (χ2n) is 8.59. The van der Waals surface area contributed by atoms with E-state index in [-0.39, 0.29) is 0 Å². The van der Waals surface area contributed by atoms with Crippen LogP contribution in [0, 0.1) is 25.2 Å². The summed E-state index contributed by atoms with van der Waals surface area (Å²) in [7, 11) is -3.15. The van der Waals surface area contributed by atoms with Crippen molar-refractivity contribution in [2.24, 2.45) is 0 Å². The van der Waals surface area contributed by atoms with Crippen LogP contribution >= 0.6 is 0 Å². The molecule has 2 aromatic carbocycles. The van der Waals surface area contributed by atoms with E-state index in [0.717, 1.165) is 28.1 Å². The summed E-state index contributed by atoms with van der Waals surface area (Å²) in [6.07, 6.45) is 6.09. The molecule has 9 nitrogen and oxygen atoms in total. The number of hydrogen-bond acceptors (Lipinski definition) is 8. The van der Waals surface area contributed by atoms with Crippen molar-refractivity contribution < 1.29 is 13.2 Å². The van der Waals surface area contributed by atoms with E-state index < -0.39 is 10.0 Å². The third kappa shape index (κ3) is 6.19. The van der Waals surface area contributed by atoms with Crippen molar-refractivity contribution in [2.75, 3.05) is 42.7 Å². The molecular weight excluding hydrogens is 476 g/mol. The number of anilines is 3. The molecule has 186 valence electrons. The lowest BCUT2D eigenvalue weighted by atomic mass is 10.1. The molecule has 0 unspecified atom stereocenters. The average Bonchev–Trinajstić information content (AvgIpc) is 2.85. The smallest absolute Gasteiger partial charge is 0.230 e. The van der Waals surface area contributed by atoms with Crippen molar-refractivity contribution in [1.29, 1.82) is 5.26 Å². The molecule has 0 bridgehead atoms. The molecule has 3 aromatic rings. The van der Waals surface area contributed by atoms with Crippen LogP contribution in [0.2, 0.25) is 0 Å². The molecule has 1 aromatic heterocycles. The van der Waals surface area contributed by atoms with E-state index in [0.29, 0.717) is 43.8 Å². The van der Waals surface area contributed by atoms with Crippen LogP contribution < -0.4 is 15.0 Å². The SMILES string of the molecule is Cc1cc(/C=C/C#N)cc(C)c1Oc1ccnc(Nc2ccc(N3CCN(S(C)(=O)=O)CC3)cc2)n1. The van der Waals surface area contributed by atoms with Crippen LogP contribution in [0.25, 0.3) is 6.08 Å². The highest BCUT2D eigenvalue weighted by Gasteiger charge is 2.23. The number of hydrogen-bond donors (Lipinski definition) is 1. The Kier molecular flexibility index (Phi) is 7.52. The van der Waals surface area contributed by atoms with Crippen LogP contribution in [0.5, 0.6) is 11.6 Å². The van der Waals surface area contributed by atoms with Gasteiger partial charge in [0.15, 0.2) is 0 Å². The summed E-state index contributed by atoms with van der Waals surface area (Å²) in [5, 5.41) is 12.0. The summed E-state index contributed by atoms with van der Waals surface area (Å²) in [6.45, 7) is 6.17. The molecule has 1 fully saturated rings. The van der Waals surface area contributed by atoms with Gasteiger partial charge in [-0.3, -0.25) is 0 Å². The van der Waals surface area contributed by atoms with Crippen molar-refractivity contribution >= 4 is 33.4 Å². The number of piperazine rings is 1. The molecule has 1 aliphatic heterocycles. The highest BCUT2D eigenvalue weighted by Crippen LogP contribution is 2.30. The molecule has 1 saturated heterocycles. The fourth-order valence-corrected chi connectivity index (χ4v) is 4.93. The van der Waals surface area contributed by atoms with Gasteiger partial charge in [-0.15, -0.1) is 0 Å². The van der Waals surface area contributed by atoms with Crippen molar-refractivity contribution in [3.05, 3.63) is 71.4 Å². The Balaban J connectivity index is 1.41. The molecule has 4 rings (SSSR count). The van der Waals surface area contributed by atoms with Gasteiger partial charge in [0.1, 0.15) is 5.75 Å². The number of nitrogens with zero attached hydrogens (tertiary/aromatic N) is 5. The Morgan fingerprint density at radius 1 is 1.06 bits per heavy atom. The molecule has 2 heterocycles. The maximum absolute atomic E-state index is 11.7. The van der Waals surface area contributed by atoms with E-state index in [1.807, 2.05) is 56.3 Å². The van der Waals surface area contributed by atoms with Crippen LogP contribution in [-0.4, -0.2) is 55.1 Å². The number of benzene rings is 2. The van der Waals surface area contributed by atoms with Gasteiger partial charge in [0, 0.05) is 55.9 Å². The minimum absolute atomic E-state index is 0.408. The number of sulfonamides is 1. The van der Waals surface area contributed by atoms with E-state index in [1.165, 1.54) is 16.6 Å². The Morgan fingerprint density at radius 3 is 2.33 bits per heavy atom. The molecule has 0 saturated carbocycles. The van der Waals surface area contributed by atoms with Crippen LogP contribution in [0.15, 0.2) is 54.7 Å². The number of aromatic nitrogens is 2. The van der Waals surface area contributed by atoms with E-state index >= 15 is 0 Å². The largest absolute Gasteiger partial charge is 0.438 e. The fourth-order valence-electron chi connectivity index (χ4n) is 4.10. The molecule has 0 radical (unpaired) electrons. The number of rotatable bonds is 7. The highest BCUT2D eigenvalue weighted by molar-refractivity contribution is 7.88. The number of aryl methyl sites for hydroxylation is 2. The van der Waals surface area contributed by atoms with Gasteiger partial charge in [0.2, 0.25) is 21.9 Å².